The smallest absolute Gasteiger partial charge is 0.163 e. The van der Waals surface area contributed by atoms with E-state index in [0.29, 0.717) is 17.6 Å². The van der Waals surface area contributed by atoms with E-state index in [0.717, 1.165) is 24.8 Å². The van der Waals surface area contributed by atoms with Crippen molar-refractivity contribution in [3.8, 4) is 0 Å². The summed E-state index contributed by atoms with van der Waals surface area (Å²) in [6, 6.07) is 6.11. The first-order valence-corrected chi connectivity index (χ1v) is 6.21. The number of hydrogen-bond donors (Lipinski definition) is 0. The van der Waals surface area contributed by atoms with Crippen molar-refractivity contribution in [3.63, 3.8) is 0 Å². The predicted molar refractivity (Wildman–Crippen MR) is 66.8 cm³/mol. The molecule has 1 atom stereocenters. The quantitative estimate of drug-likeness (QED) is 0.653. The van der Waals surface area contributed by atoms with Gasteiger partial charge in [-0.15, -0.1) is 0 Å². The molecule has 1 heteroatoms. The fraction of sp³-hybridized carbons (Fsp3) is 0.533. The Morgan fingerprint density at radius 2 is 2.06 bits per heavy atom. The van der Waals surface area contributed by atoms with Crippen LogP contribution in [0.3, 0.4) is 0 Å². The third kappa shape index (κ3) is 2.04. The molecule has 1 aliphatic rings. The predicted octanol–water partition coefficient (Wildman–Crippen LogP) is 3.79. The number of Topliss-reactive ketones (excluding diaryl/α,β-unsaturated/α-hetero) is 1. The second kappa shape index (κ2) is 4.40. The summed E-state index contributed by atoms with van der Waals surface area (Å²) in [4.78, 5) is 12.2. The molecule has 1 aliphatic carbocycles. The van der Waals surface area contributed by atoms with Gasteiger partial charge in [0.05, 0.1) is 0 Å². The average molecular weight is 216 g/mol. The maximum atomic E-state index is 12.2. The lowest BCUT2D eigenvalue weighted by Crippen LogP contribution is -2.12. The van der Waals surface area contributed by atoms with Crippen molar-refractivity contribution >= 4 is 5.78 Å². The lowest BCUT2D eigenvalue weighted by Gasteiger charge is -2.16. The van der Waals surface area contributed by atoms with Crippen molar-refractivity contribution in [3.05, 3.63) is 34.9 Å². The Labute approximate surface area is 97.9 Å². The number of benzene rings is 1. The molecule has 1 nitrogen and oxygen atoms in total. The van der Waals surface area contributed by atoms with Crippen molar-refractivity contribution in [2.24, 2.45) is 11.8 Å². The molecule has 0 spiro atoms. The molecule has 0 aromatic heterocycles. The van der Waals surface area contributed by atoms with Crippen molar-refractivity contribution in [1.29, 1.82) is 0 Å². The van der Waals surface area contributed by atoms with E-state index in [1.165, 1.54) is 11.1 Å². The number of carbonyl (C=O) groups excluding carboxylic acids is 1. The van der Waals surface area contributed by atoms with Gasteiger partial charge in [0.1, 0.15) is 0 Å². The van der Waals surface area contributed by atoms with E-state index < -0.39 is 0 Å². The van der Waals surface area contributed by atoms with E-state index in [-0.39, 0.29) is 0 Å². The molecule has 0 N–H and O–H groups in total. The van der Waals surface area contributed by atoms with Gasteiger partial charge >= 0.3 is 0 Å². The standard InChI is InChI=1S/C15H20O/c1-10(2)12-7-8-13-11(3)5-4-6-14(13)15(16)9-12/h4-6,10,12H,7-9H2,1-3H3/t12-/m0/s1. The Bertz CT molecular complexity index is 404. The van der Waals surface area contributed by atoms with Crippen LogP contribution in [0, 0.1) is 18.8 Å². The van der Waals surface area contributed by atoms with Crippen LogP contribution in [0.2, 0.25) is 0 Å². The van der Waals surface area contributed by atoms with Crippen LogP contribution in [0.25, 0.3) is 0 Å². The van der Waals surface area contributed by atoms with Gasteiger partial charge in [-0.3, -0.25) is 4.79 Å². The zero-order valence-electron chi connectivity index (χ0n) is 10.4. The summed E-state index contributed by atoms with van der Waals surface area (Å²) >= 11 is 0. The molecule has 2 rings (SSSR count). The van der Waals surface area contributed by atoms with Crippen LogP contribution in [0.1, 0.15) is 48.2 Å². The number of ketones is 1. The molecule has 1 aromatic rings. The zero-order valence-corrected chi connectivity index (χ0v) is 10.4. The normalized spacial score (nSPS) is 20.8. The largest absolute Gasteiger partial charge is 0.294 e. The Morgan fingerprint density at radius 3 is 2.75 bits per heavy atom. The Hall–Kier alpha value is -1.11. The van der Waals surface area contributed by atoms with Gasteiger partial charge in [-0.2, -0.15) is 0 Å². The minimum Gasteiger partial charge on any atom is -0.294 e. The minimum atomic E-state index is 0.343. The third-order valence-corrected chi connectivity index (χ3v) is 3.87. The van der Waals surface area contributed by atoms with E-state index >= 15 is 0 Å². The van der Waals surface area contributed by atoms with Crippen LogP contribution in [-0.2, 0) is 6.42 Å². The molecule has 0 fully saturated rings. The monoisotopic (exact) mass is 216 g/mol. The van der Waals surface area contributed by atoms with Gasteiger partial charge in [0.25, 0.3) is 0 Å². The van der Waals surface area contributed by atoms with Gasteiger partial charge in [-0.1, -0.05) is 32.0 Å². The van der Waals surface area contributed by atoms with Crippen LogP contribution in [0.15, 0.2) is 18.2 Å². The number of fused-ring (bicyclic) bond motifs is 1. The topological polar surface area (TPSA) is 17.1 Å². The third-order valence-electron chi connectivity index (χ3n) is 3.87. The highest BCUT2D eigenvalue weighted by molar-refractivity contribution is 5.98. The van der Waals surface area contributed by atoms with Crippen molar-refractivity contribution in [1.82, 2.24) is 0 Å². The highest BCUT2D eigenvalue weighted by Crippen LogP contribution is 2.30. The number of rotatable bonds is 1. The first-order chi connectivity index (χ1) is 7.59. The first-order valence-electron chi connectivity index (χ1n) is 6.21. The maximum Gasteiger partial charge on any atom is 0.163 e. The van der Waals surface area contributed by atoms with Crippen molar-refractivity contribution in [2.45, 2.75) is 40.0 Å². The number of aryl methyl sites for hydroxylation is 1. The highest BCUT2D eigenvalue weighted by atomic mass is 16.1. The fourth-order valence-electron chi connectivity index (χ4n) is 2.64. The van der Waals surface area contributed by atoms with E-state index in [2.05, 4.69) is 26.8 Å². The molecule has 0 bridgehead atoms. The molecule has 0 saturated carbocycles. The summed E-state index contributed by atoms with van der Waals surface area (Å²) in [5, 5.41) is 0. The molecule has 16 heavy (non-hydrogen) atoms. The van der Waals surface area contributed by atoms with Crippen LogP contribution >= 0.6 is 0 Å². The SMILES string of the molecule is Cc1cccc2c1CC[C@H](C(C)C)CC2=O. The highest BCUT2D eigenvalue weighted by Gasteiger charge is 2.24. The molecular weight excluding hydrogens is 196 g/mol. The Kier molecular flexibility index (Phi) is 3.13. The van der Waals surface area contributed by atoms with E-state index in [4.69, 9.17) is 0 Å². The molecule has 0 heterocycles. The lowest BCUT2D eigenvalue weighted by atomic mass is 9.88. The van der Waals surface area contributed by atoms with E-state index in [9.17, 15) is 4.79 Å². The Morgan fingerprint density at radius 1 is 1.31 bits per heavy atom. The molecule has 0 amide bonds. The van der Waals surface area contributed by atoms with Crippen LogP contribution < -0.4 is 0 Å². The summed E-state index contributed by atoms with van der Waals surface area (Å²) in [7, 11) is 0. The first kappa shape index (κ1) is 11.4. The summed E-state index contributed by atoms with van der Waals surface area (Å²) in [5.74, 6) is 1.51. The summed E-state index contributed by atoms with van der Waals surface area (Å²) in [6.45, 7) is 6.56. The second-order valence-electron chi connectivity index (χ2n) is 5.27. The molecule has 0 saturated heterocycles. The van der Waals surface area contributed by atoms with Crippen LogP contribution in [-0.4, -0.2) is 5.78 Å². The van der Waals surface area contributed by atoms with Gasteiger partial charge in [0.2, 0.25) is 0 Å². The van der Waals surface area contributed by atoms with Gasteiger partial charge < -0.3 is 0 Å². The van der Waals surface area contributed by atoms with Gasteiger partial charge in [0, 0.05) is 12.0 Å². The number of hydrogen-bond acceptors (Lipinski definition) is 1. The number of carbonyl (C=O) groups is 1. The van der Waals surface area contributed by atoms with Gasteiger partial charge in [-0.25, -0.2) is 0 Å². The molecular formula is C15H20O. The summed E-state index contributed by atoms with van der Waals surface area (Å²) in [5.41, 5.74) is 3.54. The van der Waals surface area contributed by atoms with Crippen LogP contribution in [0.5, 0.6) is 0 Å². The van der Waals surface area contributed by atoms with Gasteiger partial charge in [-0.05, 0) is 42.7 Å². The van der Waals surface area contributed by atoms with E-state index in [1.807, 2.05) is 12.1 Å². The van der Waals surface area contributed by atoms with E-state index in [1.54, 1.807) is 0 Å². The molecule has 0 unspecified atom stereocenters. The van der Waals surface area contributed by atoms with Crippen molar-refractivity contribution in [2.75, 3.05) is 0 Å². The fourth-order valence-corrected chi connectivity index (χ4v) is 2.64. The molecule has 86 valence electrons. The molecule has 0 radical (unpaired) electrons. The summed E-state index contributed by atoms with van der Waals surface area (Å²) in [6.07, 6.45) is 2.95. The van der Waals surface area contributed by atoms with Gasteiger partial charge in [0.15, 0.2) is 5.78 Å². The molecule has 1 aromatic carbocycles. The second-order valence-corrected chi connectivity index (χ2v) is 5.27. The summed E-state index contributed by atoms with van der Waals surface area (Å²) < 4.78 is 0. The minimum absolute atomic E-state index is 0.343. The zero-order chi connectivity index (χ0) is 11.7. The van der Waals surface area contributed by atoms with Crippen LogP contribution in [0.4, 0.5) is 0 Å². The molecule has 0 aliphatic heterocycles. The van der Waals surface area contributed by atoms with Crippen molar-refractivity contribution < 1.29 is 4.79 Å². The average Bonchev–Trinajstić information content (AvgIpc) is 2.40. The Balaban J connectivity index is 2.36. The lowest BCUT2D eigenvalue weighted by molar-refractivity contribution is 0.0951. The maximum absolute atomic E-state index is 12.2.